The van der Waals surface area contributed by atoms with E-state index in [4.69, 9.17) is 9.47 Å². The molecule has 162 valence electrons. The zero-order valence-corrected chi connectivity index (χ0v) is 18.5. The van der Waals surface area contributed by atoms with Crippen LogP contribution >= 0.6 is 0 Å². The summed E-state index contributed by atoms with van der Waals surface area (Å²) >= 11 is 0. The molecular formula is C23H32N4O3. The molecule has 0 aliphatic carbocycles. The van der Waals surface area contributed by atoms with Crippen molar-refractivity contribution in [3.05, 3.63) is 59.2 Å². The number of nitrogens with one attached hydrogen (secondary N) is 2. The van der Waals surface area contributed by atoms with Crippen LogP contribution in [0.2, 0.25) is 0 Å². The van der Waals surface area contributed by atoms with Crippen molar-refractivity contribution in [3.63, 3.8) is 0 Å². The minimum absolute atomic E-state index is 0.0606. The highest BCUT2D eigenvalue weighted by molar-refractivity contribution is 5.94. The lowest BCUT2D eigenvalue weighted by atomic mass is 10.1. The van der Waals surface area contributed by atoms with Crippen molar-refractivity contribution in [2.24, 2.45) is 4.99 Å². The molecule has 7 heteroatoms. The second-order valence-electron chi connectivity index (χ2n) is 6.63. The Morgan fingerprint density at radius 1 is 0.967 bits per heavy atom. The summed E-state index contributed by atoms with van der Waals surface area (Å²) in [5.41, 5.74) is 2.77. The van der Waals surface area contributed by atoms with Gasteiger partial charge in [-0.05, 0) is 43.7 Å². The summed E-state index contributed by atoms with van der Waals surface area (Å²) < 4.78 is 10.7. The molecule has 2 rings (SSSR count). The van der Waals surface area contributed by atoms with Crippen LogP contribution in [-0.2, 0) is 13.1 Å². The molecule has 30 heavy (non-hydrogen) atoms. The Balaban J connectivity index is 1.92. The molecule has 0 spiro atoms. The van der Waals surface area contributed by atoms with Gasteiger partial charge in [-0.15, -0.1) is 0 Å². The quantitative estimate of drug-likeness (QED) is 0.489. The van der Waals surface area contributed by atoms with E-state index in [0.29, 0.717) is 37.7 Å². The highest BCUT2D eigenvalue weighted by Crippen LogP contribution is 2.24. The molecule has 0 saturated carbocycles. The Bertz CT molecular complexity index is 846. The third kappa shape index (κ3) is 6.14. The number of guanidine groups is 1. The maximum Gasteiger partial charge on any atom is 0.253 e. The molecule has 1 amide bonds. The van der Waals surface area contributed by atoms with E-state index in [1.54, 1.807) is 21.3 Å². The van der Waals surface area contributed by atoms with E-state index in [2.05, 4.69) is 15.6 Å². The lowest BCUT2D eigenvalue weighted by molar-refractivity contribution is 0.0773. The molecule has 0 saturated heterocycles. The van der Waals surface area contributed by atoms with Gasteiger partial charge in [0.15, 0.2) is 5.96 Å². The van der Waals surface area contributed by atoms with Gasteiger partial charge in [-0.3, -0.25) is 9.79 Å². The zero-order chi connectivity index (χ0) is 21.9. The molecule has 2 N–H and O–H groups in total. The van der Waals surface area contributed by atoms with Crippen molar-refractivity contribution < 1.29 is 14.3 Å². The van der Waals surface area contributed by atoms with Crippen LogP contribution in [0.4, 0.5) is 0 Å². The average molecular weight is 413 g/mol. The molecule has 0 bridgehead atoms. The van der Waals surface area contributed by atoms with Crippen LogP contribution in [0, 0.1) is 0 Å². The largest absolute Gasteiger partial charge is 0.497 e. The van der Waals surface area contributed by atoms with E-state index in [1.165, 1.54) is 0 Å². The first-order chi connectivity index (χ1) is 14.6. The van der Waals surface area contributed by atoms with E-state index in [-0.39, 0.29) is 5.91 Å². The molecule has 2 aromatic rings. The van der Waals surface area contributed by atoms with Gasteiger partial charge in [0.05, 0.1) is 14.2 Å². The van der Waals surface area contributed by atoms with Gasteiger partial charge < -0.3 is 25.0 Å². The number of ether oxygens (including phenoxy) is 2. The molecule has 0 heterocycles. The van der Waals surface area contributed by atoms with E-state index in [9.17, 15) is 4.79 Å². The molecule has 0 unspecified atom stereocenters. The van der Waals surface area contributed by atoms with E-state index < -0.39 is 0 Å². The average Bonchev–Trinajstić information content (AvgIpc) is 2.80. The highest BCUT2D eigenvalue weighted by atomic mass is 16.5. The number of benzene rings is 2. The van der Waals surface area contributed by atoms with Crippen molar-refractivity contribution in [1.29, 1.82) is 0 Å². The zero-order valence-electron chi connectivity index (χ0n) is 18.5. The van der Waals surface area contributed by atoms with Gasteiger partial charge in [-0.1, -0.05) is 12.1 Å². The Hall–Kier alpha value is -3.22. The number of carbonyl (C=O) groups excluding carboxylic acids is 1. The van der Waals surface area contributed by atoms with Gasteiger partial charge >= 0.3 is 0 Å². The fourth-order valence-electron chi connectivity index (χ4n) is 3.04. The fourth-order valence-corrected chi connectivity index (χ4v) is 3.04. The van der Waals surface area contributed by atoms with Crippen molar-refractivity contribution in [2.45, 2.75) is 26.9 Å². The first-order valence-corrected chi connectivity index (χ1v) is 10.1. The second-order valence-corrected chi connectivity index (χ2v) is 6.63. The monoisotopic (exact) mass is 412 g/mol. The molecular weight excluding hydrogens is 380 g/mol. The molecule has 0 aromatic heterocycles. The van der Waals surface area contributed by atoms with Crippen LogP contribution in [0.15, 0.2) is 47.5 Å². The van der Waals surface area contributed by atoms with Crippen LogP contribution < -0.4 is 20.1 Å². The Morgan fingerprint density at radius 3 is 2.20 bits per heavy atom. The maximum absolute atomic E-state index is 12.4. The fraction of sp³-hybridized carbons (Fsp3) is 0.391. The molecule has 2 aromatic carbocycles. The summed E-state index contributed by atoms with van der Waals surface area (Å²) in [6, 6.07) is 13.4. The molecule has 0 radical (unpaired) electrons. The van der Waals surface area contributed by atoms with E-state index in [0.717, 1.165) is 22.6 Å². The SMILES string of the molecule is CCN(CC)C(=O)c1ccc(CNC(=NC)NCc2ccc(OC)cc2OC)cc1. The summed E-state index contributed by atoms with van der Waals surface area (Å²) in [6.45, 7) is 6.54. The van der Waals surface area contributed by atoms with Gasteiger partial charge in [0.2, 0.25) is 0 Å². The molecule has 0 atom stereocenters. The van der Waals surface area contributed by atoms with Gasteiger partial charge in [0.1, 0.15) is 11.5 Å². The predicted molar refractivity (Wildman–Crippen MR) is 120 cm³/mol. The van der Waals surface area contributed by atoms with Gasteiger partial charge in [-0.2, -0.15) is 0 Å². The third-order valence-corrected chi connectivity index (χ3v) is 4.88. The molecule has 7 nitrogen and oxygen atoms in total. The normalized spacial score (nSPS) is 11.0. The summed E-state index contributed by atoms with van der Waals surface area (Å²) in [4.78, 5) is 18.5. The Kier molecular flexibility index (Phi) is 9.00. The maximum atomic E-state index is 12.4. The minimum atomic E-state index is 0.0606. The molecule has 0 aliphatic heterocycles. The molecule has 0 fully saturated rings. The number of rotatable bonds is 9. The van der Waals surface area contributed by atoms with Gasteiger partial charge in [0, 0.05) is 50.4 Å². The predicted octanol–water partition coefficient (Wildman–Crippen LogP) is 3.05. The van der Waals surface area contributed by atoms with Gasteiger partial charge in [0.25, 0.3) is 5.91 Å². The number of aliphatic imine (C=N–C) groups is 1. The van der Waals surface area contributed by atoms with Crippen LogP contribution in [0.3, 0.4) is 0 Å². The summed E-state index contributed by atoms with van der Waals surface area (Å²) in [6.07, 6.45) is 0. The lowest BCUT2D eigenvalue weighted by Gasteiger charge is -2.18. The van der Waals surface area contributed by atoms with E-state index >= 15 is 0 Å². The van der Waals surface area contributed by atoms with Crippen LogP contribution in [-0.4, -0.2) is 51.1 Å². The van der Waals surface area contributed by atoms with Crippen molar-refractivity contribution in [2.75, 3.05) is 34.4 Å². The summed E-state index contributed by atoms with van der Waals surface area (Å²) in [7, 11) is 5.00. The smallest absolute Gasteiger partial charge is 0.253 e. The number of methoxy groups -OCH3 is 2. The number of amides is 1. The first kappa shape index (κ1) is 23.1. The number of hydrogen-bond acceptors (Lipinski definition) is 4. The first-order valence-electron chi connectivity index (χ1n) is 10.1. The highest BCUT2D eigenvalue weighted by Gasteiger charge is 2.12. The van der Waals surface area contributed by atoms with Crippen LogP contribution in [0.25, 0.3) is 0 Å². The Labute approximate surface area is 179 Å². The number of hydrogen-bond donors (Lipinski definition) is 2. The van der Waals surface area contributed by atoms with Gasteiger partial charge in [-0.25, -0.2) is 0 Å². The summed E-state index contributed by atoms with van der Waals surface area (Å²) in [5, 5.41) is 6.57. The van der Waals surface area contributed by atoms with Crippen molar-refractivity contribution in [1.82, 2.24) is 15.5 Å². The summed E-state index contributed by atoms with van der Waals surface area (Å²) in [5.74, 6) is 2.24. The van der Waals surface area contributed by atoms with Crippen LogP contribution in [0.5, 0.6) is 11.5 Å². The second kappa shape index (κ2) is 11.7. The lowest BCUT2D eigenvalue weighted by Crippen LogP contribution is -2.36. The number of nitrogens with zero attached hydrogens (tertiary/aromatic N) is 2. The van der Waals surface area contributed by atoms with Crippen LogP contribution in [0.1, 0.15) is 35.3 Å². The minimum Gasteiger partial charge on any atom is -0.497 e. The molecule has 0 aliphatic rings. The Morgan fingerprint density at radius 2 is 1.63 bits per heavy atom. The van der Waals surface area contributed by atoms with Crippen molar-refractivity contribution >= 4 is 11.9 Å². The number of carbonyl (C=O) groups is 1. The van der Waals surface area contributed by atoms with Crippen molar-refractivity contribution in [3.8, 4) is 11.5 Å². The third-order valence-electron chi connectivity index (χ3n) is 4.88. The van der Waals surface area contributed by atoms with E-state index in [1.807, 2.05) is 61.2 Å². The standard InChI is InChI=1S/C23H32N4O3/c1-6-27(7-2)22(28)18-10-8-17(9-11-18)15-25-23(24-3)26-16-19-12-13-20(29-4)14-21(19)30-5/h8-14H,6-7,15-16H2,1-5H3,(H2,24,25,26). The topological polar surface area (TPSA) is 75.2 Å².